The summed E-state index contributed by atoms with van der Waals surface area (Å²) < 4.78 is 4.90. The fourth-order valence-electron chi connectivity index (χ4n) is 2.10. The van der Waals surface area contributed by atoms with Crippen LogP contribution in [0.3, 0.4) is 0 Å². The lowest BCUT2D eigenvalue weighted by Crippen LogP contribution is -2.11. The highest BCUT2D eigenvalue weighted by molar-refractivity contribution is 7.14. The fourth-order valence-corrected chi connectivity index (χ4v) is 2.81. The van der Waals surface area contributed by atoms with E-state index >= 15 is 0 Å². The molecule has 0 saturated heterocycles. The zero-order valence-corrected chi connectivity index (χ0v) is 13.3. The second-order valence-electron chi connectivity index (χ2n) is 5.13. The Hall–Kier alpha value is -2.47. The van der Waals surface area contributed by atoms with Crippen LogP contribution in [0, 0.1) is 20.8 Å². The lowest BCUT2D eigenvalue weighted by atomic mass is 10.0. The molecule has 0 aliphatic heterocycles. The first-order valence-electron chi connectivity index (χ1n) is 6.81. The molecular weight excluding hydrogens is 298 g/mol. The number of hydrogen-bond acceptors (Lipinski definition) is 5. The van der Waals surface area contributed by atoms with Gasteiger partial charge in [-0.2, -0.15) is 0 Å². The van der Waals surface area contributed by atoms with Crippen LogP contribution in [0.25, 0.3) is 11.3 Å². The van der Waals surface area contributed by atoms with E-state index in [1.165, 1.54) is 16.9 Å². The molecule has 2 aromatic heterocycles. The van der Waals surface area contributed by atoms with Crippen LogP contribution in [0.5, 0.6) is 0 Å². The Morgan fingerprint density at radius 3 is 2.77 bits per heavy atom. The minimum Gasteiger partial charge on any atom is -0.361 e. The number of carbonyl (C=O) groups excluding carboxylic acids is 1. The van der Waals surface area contributed by atoms with Crippen LogP contribution >= 0.6 is 11.3 Å². The average Bonchev–Trinajstić information content (AvgIpc) is 3.11. The van der Waals surface area contributed by atoms with E-state index in [9.17, 15) is 4.79 Å². The van der Waals surface area contributed by atoms with Crippen LogP contribution in [0.1, 0.15) is 27.4 Å². The molecule has 0 fully saturated rings. The first-order valence-corrected chi connectivity index (χ1v) is 7.69. The van der Waals surface area contributed by atoms with Crippen LogP contribution in [0.15, 0.2) is 34.2 Å². The molecule has 6 heteroatoms. The monoisotopic (exact) mass is 313 g/mol. The third-order valence-electron chi connectivity index (χ3n) is 3.25. The number of nitrogens with one attached hydrogen (secondary N) is 1. The molecule has 22 heavy (non-hydrogen) atoms. The normalized spacial score (nSPS) is 10.7. The Labute approximate surface area is 132 Å². The number of amides is 1. The Morgan fingerprint density at radius 1 is 1.23 bits per heavy atom. The van der Waals surface area contributed by atoms with Gasteiger partial charge in [0.05, 0.1) is 5.69 Å². The summed E-state index contributed by atoms with van der Waals surface area (Å²) in [7, 11) is 0. The largest absolute Gasteiger partial charge is 0.361 e. The third kappa shape index (κ3) is 2.92. The summed E-state index contributed by atoms with van der Waals surface area (Å²) in [5, 5.41) is 8.91. The Balaban J connectivity index is 1.82. The summed E-state index contributed by atoms with van der Waals surface area (Å²) in [5.74, 6) is 0.277. The second kappa shape index (κ2) is 5.73. The van der Waals surface area contributed by atoms with Gasteiger partial charge in [0, 0.05) is 17.0 Å². The van der Waals surface area contributed by atoms with Crippen molar-refractivity contribution in [1.82, 2.24) is 10.1 Å². The fraction of sp³-hybridized carbons (Fsp3) is 0.188. The molecule has 0 radical (unpaired) electrons. The van der Waals surface area contributed by atoms with Crippen molar-refractivity contribution in [3.8, 4) is 11.3 Å². The summed E-state index contributed by atoms with van der Waals surface area (Å²) in [6, 6.07) is 7.83. The number of rotatable bonds is 3. The van der Waals surface area contributed by atoms with Gasteiger partial charge in [-0.05, 0) is 32.4 Å². The van der Waals surface area contributed by atoms with Crippen molar-refractivity contribution in [3.63, 3.8) is 0 Å². The van der Waals surface area contributed by atoms with Crippen LogP contribution < -0.4 is 5.32 Å². The number of thiazole rings is 1. The lowest BCUT2D eigenvalue weighted by Gasteiger charge is -2.03. The average molecular weight is 313 g/mol. The molecule has 0 atom stereocenters. The molecule has 0 unspecified atom stereocenters. The van der Waals surface area contributed by atoms with Gasteiger partial charge >= 0.3 is 0 Å². The van der Waals surface area contributed by atoms with Gasteiger partial charge in [-0.15, -0.1) is 11.3 Å². The molecule has 2 heterocycles. The molecule has 3 aromatic rings. The highest BCUT2D eigenvalue weighted by Crippen LogP contribution is 2.28. The van der Waals surface area contributed by atoms with Crippen molar-refractivity contribution in [2.75, 3.05) is 5.32 Å². The number of anilines is 1. The molecule has 112 valence electrons. The van der Waals surface area contributed by atoms with Crippen molar-refractivity contribution < 1.29 is 9.32 Å². The molecule has 0 aliphatic rings. The molecule has 1 aromatic carbocycles. The zero-order chi connectivity index (χ0) is 15.7. The van der Waals surface area contributed by atoms with Crippen molar-refractivity contribution in [2.24, 2.45) is 0 Å². The van der Waals surface area contributed by atoms with E-state index in [0.29, 0.717) is 10.9 Å². The van der Waals surface area contributed by atoms with Crippen molar-refractivity contribution >= 4 is 22.4 Å². The Kier molecular flexibility index (Phi) is 3.77. The highest BCUT2D eigenvalue weighted by Gasteiger charge is 2.14. The van der Waals surface area contributed by atoms with Crippen LogP contribution in [-0.4, -0.2) is 16.0 Å². The van der Waals surface area contributed by atoms with E-state index in [1.54, 1.807) is 13.0 Å². The number of aromatic nitrogens is 2. The molecule has 0 aliphatic carbocycles. The number of carbonyl (C=O) groups is 1. The standard InChI is InChI=1S/C16H15N3O2S/c1-9-4-5-10(2)12(6-9)14-8-22-16(17-14)18-15(20)13-7-11(3)21-19-13/h4-8H,1-3H3,(H,17,18,20). The highest BCUT2D eigenvalue weighted by atomic mass is 32.1. The maximum absolute atomic E-state index is 12.0. The van der Waals surface area contributed by atoms with Gasteiger partial charge in [0.15, 0.2) is 10.8 Å². The van der Waals surface area contributed by atoms with E-state index in [-0.39, 0.29) is 11.6 Å². The van der Waals surface area contributed by atoms with Crippen LogP contribution in [0.4, 0.5) is 5.13 Å². The molecule has 0 spiro atoms. The summed E-state index contributed by atoms with van der Waals surface area (Å²) in [6.45, 7) is 5.83. The first-order chi connectivity index (χ1) is 10.5. The number of nitrogens with zero attached hydrogens (tertiary/aromatic N) is 2. The van der Waals surface area contributed by atoms with Gasteiger partial charge in [0.25, 0.3) is 5.91 Å². The minimum atomic E-state index is -0.321. The smallest absolute Gasteiger partial charge is 0.279 e. The number of aryl methyl sites for hydroxylation is 3. The summed E-state index contributed by atoms with van der Waals surface area (Å²) in [5.41, 5.74) is 4.52. The van der Waals surface area contributed by atoms with Gasteiger partial charge in [-0.1, -0.05) is 22.9 Å². The van der Waals surface area contributed by atoms with Gasteiger partial charge in [0.2, 0.25) is 0 Å². The predicted molar refractivity (Wildman–Crippen MR) is 86.2 cm³/mol. The molecule has 3 rings (SSSR count). The van der Waals surface area contributed by atoms with Crippen LogP contribution in [-0.2, 0) is 0 Å². The molecule has 1 N–H and O–H groups in total. The Morgan fingerprint density at radius 2 is 2.05 bits per heavy atom. The van der Waals surface area contributed by atoms with Crippen molar-refractivity contribution in [2.45, 2.75) is 20.8 Å². The van der Waals surface area contributed by atoms with Crippen molar-refractivity contribution in [3.05, 3.63) is 52.2 Å². The first kappa shape index (κ1) is 14.5. The molecular formula is C16H15N3O2S. The molecule has 1 amide bonds. The van der Waals surface area contributed by atoms with E-state index in [2.05, 4.69) is 33.7 Å². The molecule has 0 saturated carbocycles. The van der Waals surface area contributed by atoms with Gasteiger partial charge in [0.1, 0.15) is 5.76 Å². The Bertz CT molecular complexity index is 836. The van der Waals surface area contributed by atoms with Gasteiger partial charge in [-0.25, -0.2) is 4.98 Å². The van der Waals surface area contributed by atoms with Crippen LogP contribution in [0.2, 0.25) is 0 Å². The summed E-state index contributed by atoms with van der Waals surface area (Å²) in [4.78, 5) is 16.5. The number of benzene rings is 1. The minimum absolute atomic E-state index is 0.251. The van der Waals surface area contributed by atoms with E-state index in [4.69, 9.17) is 4.52 Å². The number of hydrogen-bond donors (Lipinski definition) is 1. The summed E-state index contributed by atoms with van der Waals surface area (Å²) >= 11 is 1.39. The maximum Gasteiger partial charge on any atom is 0.279 e. The molecule has 0 bridgehead atoms. The predicted octanol–water partition coefficient (Wildman–Crippen LogP) is 3.98. The van der Waals surface area contributed by atoms with E-state index < -0.39 is 0 Å². The van der Waals surface area contributed by atoms with Gasteiger partial charge in [-0.3, -0.25) is 10.1 Å². The second-order valence-corrected chi connectivity index (χ2v) is 5.99. The van der Waals surface area contributed by atoms with Crippen molar-refractivity contribution in [1.29, 1.82) is 0 Å². The van der Waals surface area contributed by atoms with Gasteiger partial charge < -0.3 is 4.52 Å². The topological polar surface area (TPSA) is 68.0 Å². The lowest BCUT2D eigenvalue weighted by molar-refractivity contribution is 0.101. The van der Waals surface area contributed by atoms with E-state index in [0.717, 1.165) is 16.8 Å². The SMILES string of the molecule is Cc1ccc(C)c(-c2csc(NC(=O)c3cc(C)on3)n2)c1. The molecule has 5 nitrogen and oxygen atoms in total. The maximum atomic E-state index is 12.0. The zero-order valence-electron chi connectivity index (χ0n) is 12.5. The summed E-state index contributed by atoms with van der Waals surface area (Å²) in [6.07, 6.45) is 0. The van der Waals surface area contributed by atoms with E-state index in [1.807, 2.05) is 19.2 Å². The third-order valence-corrected chi connectivity index (χ3v) is 4.01. The quantitative estimate of drug-likeness (QED) is 0.794.